The third-order valence-electron chi connectivity index (χ3n) is 4.58. The summed E-state index contributed by atoms with van der Waals surface area (Å²) in [6.45, 7) is 8.17. The summed E-state index contributed by atoms with van der Waals surface area (Å²) in [4.78, 5) is 1.38. The van der Waals surface area contributed by atoms with Gasteiger partial charge >= 0.3 is 0 Å². The molecule has 1 saturated carbocycles. The van der Waals surface area contributed by atoms with Gasteiger partial charge in [-0.3, -0.25) is 0 Å². The van der Waals surface area contributed by atoms with E-state index in [1.807, 2.05) is 0 Å². The Bertz CT molecular complexity index is 424. The van der Waals surface area contributed by atoms with Crippen LogP contribution in [0.15, 0.2) is 9.85 Å². The summed E-state index contributed by atoms with van der Waals surface area (Å²) in [7, 11) is 0. The van der Waals surface area contributed by atoms with Crippen molar-refractivity contribution >= 4 is 38.9 Å². The Morgan fingerprint density at radius 1 is 1.50 bits per heavy atom. The van der Waals surface area contributed by atoms with Crippen LogP contribution < -0.4 is 5.32 Å². The Labute approximate surface area is 140 Å². The van der Waals surface area contributed by atoms with Crippen LogP contribution in [0.5, 0.6) is 0 Å². The van der Waals surface area contributed by atoms with E-state index < -0.39 is 0 Å². The zero-order chi connectivity index (χ0) is 14.8. The monoisotopic (exact) mass is 377 g/mol. The first-order valence-electron chi connectivity index (χ1n) is 7.64. The van der Waals surface area contributed by atoms with E-state index in [0.717, 1.165) is 15.4 Å². The van der Waals surface area contributed by atoms with Crippen molar-refractivity contribution in [2.24, 2.45) is 11.3 Å². The van der Waals surface area contributed by atoms with Gasteiger partial charge in [0.05, 0.1) is 8.81 Å². The Balaban J connectivity index is 2.26. The molecule has 1 aromatic rings. The van der Waals surface area contributed by atoms with Crippen LogP contribution in [0.3, 0.4) is 0 Å². The van der Waals surface area contributed by atoms with Gasteiger partial charge in [0.2, 0.25) is 0 Å². The molecule has 1 aliphatic carbocycles. The van der Waals surface area contributed by atoms with Crippen molar-refractivity contribution < 1.29 is 0 Å². The summed E-state index contributed by atoms with van der Waals surface area (Å²) in [5.41, 5.74) is 0.409. The highest BCUT2D eigenvalue weighted by atomic mass is 79.9. The minimum atomic E-state index is 0.409. The van der Waals surface area contributed by atoms with Gasteiger partial charge in [0, 0.05) is 10.9 Å². The highest BCUT2D eigenvalue weighted by Gasteiger charge is 2.38. The van der Waals surface area contributed by atoms with Gasteiger partial charge in [-0.15, -0.1) is 11.3 Å². The summed E-state index contributed by atoms with van der Waals surface area (Å²) in [5.74, 6) is 0.699. The predicted molar refractivity (Wildman–Crippen MR) is 93.8 cm³/mol. The zero-order valence-corrected chi connectivity index (χ0v) is 15.8. The molecule has 114 valence electrons. The van der Waals surface area contributed by atoms with Gasteiger partial charge in [0.15, 0.2) is 0 Å². The Kier molecular flexibility index (Phi) is 5.98. The largest absolute Gasteiger partial charge is 0.309 e. The molecule has 0 aromatic carbocycles. The minimum absolute atomic E-state index is 0.409. The van der Waals surface area contributed by atoms with Gasteiger partial charge in [0.1, 0.15) is 0 Å². The SMILES string of the molecule is CCCNC(c1cc(Cl)c(Br)s1)C1CCCCC1(C)C. The van der Waals surface area contributed by atoms with Gasteiger partial charge in [-0.2, -0.15) is 0 Å². The topological polar surface area (TPSA) is 12.0 Å². The molecule has 1 aromatic heterocycles. The molecule has 2 rings (SSSR count). The lowest BCUT2D eigenvalue weighted by Crippen LogP contribution is -2.39. The van der Waals surface area contributed by atoms with Crippen LogP contribution in [0.4, 0.5) is 0 Å². The van der Waals surface area contributed by atoms with Crippen molar-refractivity contribution in [2.45, 2.75) is 58.9 Å². The second-order valence-corrected chi connectivity index (χ2v) is 9.35. The maximum atomic E-state index is 6.25. The summed E-state index contributed by atoms with van der Waals surface area (Å²) >= 11 is 11.6. The van der Waals surface area contributed by atoms with Crippen molar-refractivity contribution in [1.29, 1.82) is 0 Å². The second-order valence-electron chi connectivity index (χ2n) is 6.54. The van der Waals surface area contributed by atoms with Crippen LogP contribution in [-0.2, 0) is 0 Å². The van der Waals surface area contributed by atoms with Crippen LogP contribution in [-0.4, -0.2) is 6.54 Å². The first kappa shape index (κ1) is 16.8. The van der Waals surface area contributed by atoms with Crippen molar-refractivity contribution in [2.75, 3.05) is 6.54 Å². The fourth-order valence-electron chi connectivity index (χ4n) is 3.40. The van der Waals surface area contributed by atoms with Crippen LogP contribution in [0.25, 0.3) is 0 Å². The lowest BCUT2D eigenvalue weighted by molar-refractivity contribution is 0.0994. The van der Waals surface area contributed by atoms with Crippen molar-refractivity contribution in [1.82, 2.24) is 5.32 Å². The maximum Gasteiger partial charge on any atom is 0.0887 e. The lowest BCUT2D eigenvalue weighted by atomic mass is 9.65. The fraction of sp³-hybridized carbons (Fsp3) is 0.750. The van der Waals surface area contributed by atoms with E-state index in [1.165, 1.54) is 37.0 Å². The Hall–Kier alpha value is 0.430. The third-order valence-corrected chi connectivity index (χ3v) is 7.14. The van der Waals surface area contributed by atoms with E-state index in [-0.39, 0.29) is 0 Å². The zero-order valence-electron chi connectivity index (χ0n) is 12.6. The van der Waals surface area contributed by atoms with Gasteiger partial charge in [-0.25, -0.2) is 0 Å². The van der Waals surface area contributed by atoms with Gasteiger partial charge in [-0.05, 0) is 59.1 Å². The summed E-state index contributed by atoms with van der Waals surface area (Å²) in [6, 6.07) is 2.59. The van der Waals surface area contributed by atoms with E-state index in [2.05, 4.69) is 48.1 Å². The van der Waals surface area contributed by atoms with E-state index in [1.54, 1.807) is 11.3 Å². The molecule has 1 fully saturated rings. The molecule has 2 unspecified atom stereocenters. The molecule has 1 nitrogen and oxygen atoms in total. The van der Waals surface area contributed by atoms with E-state index in [9.17, 15) is 0 Å². The van der Waals surface area contributed by atoms with E-state index in [0.29, 0.717) is 17.4 Å². The molecule has 2 atom stereocenters. The molecule has 0 aliphatic heterocycles. The summed E-state index contributed by atoms with van der Waals surface area (Å²) in [6.07, 6.45) is 6.56. The van der Waals surface area contributed by atoms with Crippen LogP contribution >= 0.6 is 38.9 Å². The predicted octanol–water partition coefficient (Wildman–Crippen LogP) is 6.42. The lowest BCUT2D eigenvalue weighted by Gasteiger charge is -2.43. The maximum absolute atomic E-state index is 6.25. The van der Waals surface area contributed by atoms with E-state index >= 15 is 0 Å². The Morgan fingerprint density at radius 2 is 2.25 bits per heavy atom. The molecule has 0 bridgehead atoms. The highest BCUT2D eigenvalue weighted by molar-refractivity contribution is 9.11. The van der Waals surface area contributed by atoms with Gasteiger partial charge < -0.3 is 5.32 Å². The van der Waals surface area contributed by atoms with Crippen molar-refractivity contribution in [3.8, 4) is 0 Å². The van der Waals surface area contributed by atoms with Crippen molar-refractivity contribution in [3.05, 3.63) is 19.8 Å². The number of halogens is 2. The minimum Gasteiger partial charge on any atom is -0.309 e. The molecule has 0 spiro atoms. The Morgan fingerprint density at radius 3 is 2.80 bits per heavy atom. The average Bonchev–Trinajstić information content (AvgIpc) is 2.71. The molecule has 0 radical (unpaired) electrons. The number of thiophene rings is 1. The van der Waals surface area contributed by atoms with E-state index in [4.69, 9.17) is 11.6 Å². The first-order chi connectivity index (χ1) is 9.45. The molecule has 1 aliphatic rings. The number of nitrogens with one attached hydrogen (secondary N) is 1. The fourth-order valence-corrected chi connectivity index (χ4v) is 5.28. The molecule has 20 heavy (non-hydrogen) atoms. The number of hydrogen-bond donors (Lipinski definition) is 1. The number of rotatable bonds is 5. The van der Waals surface area contributed by atoms with Crippen LogP contribution in [0.2, 0.25) is 5.02 Å². The van der Waals surface area contributed by atoms with Crippen LogP contribution in [0, 0.1) is 11.3 Å². The highest BCUT2D eigenvalue weighted by Crippen LogP contribution is 2.49. The normalized spacial score (nSPS) is 23.8. The standard InChI is InChI=1S/C16H25BrClNS/c1-4-9-19-14(13-10-12(18)15(17)20-13)11-7-5-6-8-16(11,2)3/h10-11,14,19H,4-9H2,1-3H3. The van der Waals surface area contributed by atoms with Crippen LogP contribution in [0.1, 0.15) is 63.8 Å². The van der Waals surface area contributed by atoms with Gasteiger partial charge in [-0.1, -0.05) is 45.2 Å². The third kappa shape index (κ3) is 3.79. The number of hydrogen-bond acceptors (Lipinski definition) is 2. The molecule has 0 saturated heterocycles. The molecule has 1 heterocycles. The average molecular weight is 379 g/mol. The molecular weight excluding hydrogens is 354 g/mol. The van der Waals surface area contributed by atoms with Crippen molar-refractivity contribution in [3.63, 3.8) is 0 Å². The molecule has 1 N–H and O–H groups in total. The molecule has 4 heteroatoms. The quantitative estimate of drug-likeness (QED) is 0.623. The summed E-state index contributed by atoms with van der Waals surface area (Å²) < 4.78 is 1.06. The molecule has 0 amide bonds. The molecular formula is C16H25BrClNS. The van der Waals surface area contributed by atoms with Gasteiger partial charge in [0.25, 0.3) is 0 Å². The smallest absolute Gasteiger partial charge is 0.0887 e. The second kappa shape index (κ2) is 7.13. The first-order valence-corrected chi connectivity index (χ1v) is 9.62. The summed E-state index contributed by atoms with van der Waals surface area (Å²) in [5, 5.41) is 4.63.